The molecule has 1 spiro atoms. The quantitative estimate of drug-likeness (QED) is 0.130. The summed E-state index contributed by atoms with van der Waals surface area (Å²) in [5.41, 5.74) is 8.90. The molecule has 306 valence electrons. The normalized spacial score (nSPS) is 20.2. The fraction of sp³-hybridized carbons (Fsp3) is 0.500. The first-order chi connectivity index (χ1) is 27.8. The summed E-state index contributed by atoms with van der Waals surface area (Å²) in [5, 5.41) is 12.4. The number of aromatic amines is 2. The SMILES string of the molecule is COC(=O)N[C@H](C(=O)N1CCC[C@H]1c1ncc(-c2ccc3c(c2)C2(CCC2)c2cc(-c4cnc([C@@H]5CCCN5C(=O)[C@H](C(C)C)N(C)C(=O)O)[nH]4)ccc2-3)[nH]1)C(C)C. The summed E-state index contributed by atoms with van der Waals surface area (Å²) >= 11 is 0. The van der Waals surface area contributed by atoms with Gasteiger partial charge in [0.2, 0.25) is 11.8 Å². The third-order valence-electron chi connectivity index (χ3n) is 13.1. The Hall–Kier alpha value is -5.66. The number of likely N-dealkylation sites (N-methyl/N-ethyl adjacent to an activating group) is 1. The number of nitrogens with zero attached hydrogens (tertiary/aromatic N) is 5. The van der Waals surface area contributed by atoms with Gasteiger partial charge >= 0.3 is 12.2 Å². The zero-order valence-electron chi connectivity index (χ0n) is 34.2. The molecular formula is C44H54N8O6. The molecule has 2 saturated heterocycles. The largest absolute Gasteiger partial charge is 0.465 e. The minimum Gasteiger partial charge on any atom is -0.465 e. The van der Waals surface area contributed by atoms with Crippen molar-refractivity contribution in [2.45, 2.75) is 102 Å². The van der Waals surface area contributed by atoms with E-state index in [-0.39, 0.29) is 41.1 Å². The van der Waals surface area contributed by atoms with Crippen molar-refractivity contribution >= 4 is 24.0 Å². The van der Waals surface area contributed by atoms with Crippen LogP contribution in [0.25, 0.3) is 33.6 Å². The summed E-state index contributed by atoms with van der Waals surface area (Å²) in [7, 11) is 2.76. The molecule has 4 heterocycles. The lowest BCUT2D eigenvalue weighted by Gasteiger charge is -2.41. The van der Waals surface area contributed by atoms with E-state index in [0.717, 1.165) is 84.0 Å². The number of rotatable bonds is 10. The van der Waals surface area contributed by atoms with E-state index in [0.29, 0.717) is 13.1 Å². The van der Waals surface area contributed by atoms with Crippen LogP contribution in [0.5, 0.6) is 0 Å². The van der Waals surface area contributed by atoms with Crippen LogP contribution in [0.2, 0.25) is 0 Å². The van der Waals surface area contributed by atoms with Gasteiger partial charge in [0.25, 0.3) is 0 Å². The molecule has 2 aromatic heterocycles. The van der Waals surface area contributed by atoms with Crippen molar-refractivity contribution in [3.8, 4) is 33.6 Å². The molecule has 2 aromatic carbocycles. The molecule has 4 aliphatic rings. The van der Waals surface area contributed by atoms with Crippen molar-refractivity contribution in [1.82, 2.24) is 40.0 Å². The Bertz CT molecular complexity index is 2240. The number of hydrogen-bond acceptors (Lipinski definition) is 7. The zero-order chi connectivity index (χ0) is 41.0. The summed E-state index contributed by atoms with van der Waals surface area (Å²) < 4.78 is 4.79. The highest BCUT2D eigenvalue weighted by atomic mass is 16.5. The number of likely N-dealkylation sites (tertiary alicyclic amines) is 2. The number of methoxy groups -OCH3 is 1. The van der Waals surface area contributed by atoms with Gasteiger partial charge in [-0.25, -0.2) is 19.6 Å². The molecule has 1 saturated carbocycles. The summed E-state index contributed by atoms with van der Waals surface area (Å²) in [6.45, 7) is 8.73. The van der Waals surface area contributed by atoms with Gasteiger partial charge in [0.05, 0.1) is 43.0 Å². The summed E-state index contributed by atoms with van der Waals surface area (Å²) in [5.74, 6) is 0.852. The number of aromatic nitrogens is 4. The molecule has 8 rings (SSSR count). The number of imidazole rings is 2. The van der Waals surface area contributed by atoms with Gasteiger partial charge in [-0.2, -0.15) is 0 Å². The number of carbonyl (C=O) groups excluding carboxylic acids is 3. The highest BCUT2D eigenvalue weighted by Crippen LogP contribution is 2.59. The van der Waals surface area contributed by atoms with Gasteiger partial charge in [-0.15, -0.1) is 0 Å². The first kappa shape index (κ1) is 39.2. The Morgan fingerprint density at radius 3 is 1.76 bits per heavy atom. The fourth-order valence-electron chi connectivity index (χ4n) is 9.90. The Labute approximate surface area is 338 Å². The summed E-state index contributed by atoms with van der Waals surface area (Å²) in [6.07, 6.45) is 8.43. The van der Waals surface area contributed by atoms with Crippen molar-refractivity contribution in [2.24, 2.45) is 11.8 Å². The van der Waals surface area contributed by atoms with Crippen LogP contribution in [-0.2, 0) is 19.7 Å². The molecule has 0 radical (unpaired) electrons. The lowest BCUT2D eigenvalue weighted by Crippen LogP contribution is -2.51. The van der Waals surface area contributed by atoms with E-state index in [9.17, 15) is 24.3 Å². The first-order valence-electron chi connectivity index (χ1n) is 20.6. The molecule has 0 unspecified atom stereocenters. The standard InChI is InChI=1S/C44H54N8O6/c1-24(2)36(49-42(55)58-6)40(53)51-18-7-10-34(51)38-45-22-32(47-38)26-12-14-28-29-15-13-27(21-31(29)44(16-9-17-44)30(28)20-26)33-23-46-39(48-33)35-11-8-19-52(35)41(54)37(25(3)4)50(5)43(56)57/h12-15,20-25,34-37H,7-11,16-19H2,1-6H3,(H,45,47)(H,46,48)(H,49,55)(H,56,57)/t34-,35-,36-,37-/m0/s1. The molecule has 2 aliphatic heterocycles. The lowest BCUT2D eigenvalue weighted by atomic mass is 9.62. The molecule has 2 aliphatic carbocycles. The third-order valence-corrected chi connectivity index (χ3v) is 13.1. The second kappa shape index (κ2) is 15.3. The number of amides is 4. The Morgan fingerprint density at radius 2 is 1.33 bits per heavy atom. The van der Waals surface area contributed by atoms with Gasteiger partial charge in [-0.1, -0.05) is 58.4 Å². The van der Waals surface area contributed by atoms with E-state index in [1.165, 1.54) is 36.4 Å². The van der Waals surface area contributed by atoms with Crippen LogP contribution in [0, 0.1) is 11.8 Å². The number of benzene rings is 2. The molecule has 58 heavy (non-hydrogen) atoms. The van der Waals surface area contributed by atoms with E-state index < -0.39 is 24.3 Å². The molecule has 0 bridgehead atoms. The van der Waals surface area contributed by atoms with Crippen molar-refractivity contribution in [2.75, 3.05) is 27.2 Å². The summed E-state index contributed by atoms with van der Waals surface area (Å²) in [4.78, 5) is 72.8. The second-order valence-corrected chi connectivity index (χ2v) is 17.1. The highest BCUT2D eigenvalue weighted by Gasteiger charge is 2.48. The van der Waals surface area contributed by atoms with E-state index >= 15 is 0 Å². The molecular weight excluding hydrogens is 737 g/mol. The van der Waals surface area contributed by atoms with E-state index in [1.807, 2.05) is 45.0 Å². The van der Waals surface area contributed by atoms with Crippen molar-refractivity contribution in [3.63, 3.8) is 0 Å². The van der Waals surface area contributed by atoms with Crippen LogP contribution in [-0.4, -0.2) is 103 Å². The number of carbonyl (C=O) groups is 4. The number of carboxylic acid groups (broad SMARTS) is 1. The number of fused-ring (bicyclic) bond motifs is 5. The van der Waals surface area contributed by atoms with Crippen molar-refractivity contribution in [1.29, 1.82) is 0 Å². The van der Waals surface area contributed by atoms with E-state index in [1.54, 1.807) is 4.90 Å². The molecule has 4 aromatic rings. The van der Waals surface area contributed by atoms with Gasteiger partial charge < -0.3 is 34.9 Å². The number of H-pyrrole nitrogens is 2. The predicted molar refractivity (Wildman–Crippen MR) is 218 cm³/mol. The van der Waals surface area contributed by atoms with Crippen LogP contribution >= 0.6 is 0 Å². The second-order valence-electron chi connectivity index (χ2n) is 17.1. The van der Waals surface area contributed by atoms with Crippen LogP contribution in [0.3, 0.4) is 0 Å². The van der Waals surface area contributed by atoms with E-state index in [4.69, 9.17) is 14.7 Å². The molecule has 4 amide bonds. The van der Waals surface area contributed by atoms with Crippen LogP contribution < -0.4 is 5.32 Å². The molecule has 14 nitrogen and oxygen atoms in total. The summed E-state index contributed by atoms with van der Waals surface area (Å²) in [6, 6.07) is 11.4. The number of hydrogen-bond donors (Lipinski definition) is 4. The van der Waals surface area contributed by atoms with E-state index in [2.05, 4.69) is 51.7 Å². The fourth-order valence-corrected chi connectivity index (χ4v) is 9.90. The minimum absolute atomic E-state index is 0.0910. The number of nitrogens with one attached hydrogen (secondary N) is 3. The number of alkyl carbamates (subject to hydrolysis) is 1. The third kappa shape index (κ3) is 6.59. The van der Waals surface area contributed by atoms with Gasteiger partial charge in [0, 0.05) is 25.6 Å². The maximum absolute atomic E-state index is 13.8. The average molecular weight is 791 g/mol. The topological polar surface area (TPSA) is 177 Å². The van der Waals surface area contributed by atoms with Crippen LogP contribution in [0.1, 0.15) is 108 Å². The monoisotopic (exact) mass is 790 g/mol. The maximum atomic E-state index is 13.8. The Kier molecular flexibility index (Phi) is 10.3. The van der Waals surface area contributed by atoms with Gasteiger partial charge in [0.1, 0.15) is 23.7 Å². The zero-order valence-corrected chi connectivity index (χ0v) is 34.2. The predicted octanol–water partition coefficient (Wildman–Crippen LogP) is 7.26. The molecule has 4 N–H and O–H groups in total. The average Bonchev–Trinajstić information content (AvgIpc) is 4.03. The number of ether oxygens (including phenoxy) is 1. The van der Waals surface area contributed by atoms with Crippen molar-refractivity contribution in [3.05, 3.63) is 71.6 Å². The molecule has 3 fully saturated rings. The molecule has 4 atom stereocenters. The Morgan fingerprint density at radius 1 is 0.810 bits per heavy atom. The Balaban J connectivity index is 1.03. The van der Waals surface area contributed by atoms with Crippen LogP contribution in [0.4, 0.5) is 9.59 Å². The minimum atomic E-state index is -1.12. The van der Waals surface area contributed by atoms with Gasteiger partial charge in [-0.05, 0) is 95.9 Å². The van der Waals surface area contributed by atoms with Gasteiger partial charge in [-0.3, -0.25) is 14.5 Å². The molecule has 14 heteroatoms. The first-order valence-corrected chi connectivity index (χ1v) is 20.6. The maximum Gasteiger partial charge on any atom is 0.407 e. The van der Waals surface area contributed by atoms with Crippen molar-refractivity contribution < 1.29 is 29.0 Å². The smallest absolute Gasteiger partial charge is 0.407 e. The van der Waals surface area contributed by atoms with Gasteiger partial charge in [0.15, 0.2) is 0 Å². The van der Waals surface area contributed by atoms with Crippen LogP contribution in [0.15, 0.2) is 48.8 Å². The highest BCUT2D eigenvalue weighted by molar-refractivity contribution is 5.88. The lowest BCUT2D eigenvalue weighted by molar-refractivity contribution is -0.138.